The average Bonchev–Trinajstić information content (AvgIpc) is 1.81. The summed E-state index contributed by atoms with van der Waals surface area (Å²) in [5.41, 5.74) is 7.06. The fourth-order valence-corrected chi connectivity index (χ4v) is 0.656. The van der Waals surface area contributed by atoms with E-state index in [1.807, 2.05) is 0 Å². The zero-order chi connectivity index (χ0) is 8.20. The molecule has 0 fully saturated rings. The Hall–Kier alpha value is -0.460. The van der Waals surface area contributed by atoms with Gasteiger partial charge in [-0.3, -0.25) is 0 Å². The fourth-order valence-electron chi connectivity index (χ4n) is 0.656. The lowest BCUT2D eigenvalue weighted by molar-refractivity contribution is 0.377. The Morgan fingerprint density at radius 1 is 1.40 bits per heavy atom. The second kappa shape index (κ2) is 3.65. The first-order valence-corrected chi connectivity index (χ1v) is 3.83. The molecule has 0 saturated heterocycles. The molecule has 0 aliphatic rings. The molecule has 0 radical (unpaired) electrons. The van der Waals surface area contributed by atoms with E-state index in [0.717, 1.165) is 6.42 Å². The molecule has 0 unspecified atom stereocenters. The van der Waals surface area contributed by atoms with Crippen LogP contribution < -0.4 is 5.73 Å². The Morgan fingerprint density at radius 3 is 2.20 bits per heavy atom. The summed E-state index contributed by atoms with van der Waals surface area (Å²) >= 11 is 0. The molecule has 0 heterocycles. The van der Waals surface area contributed by atoms with E-state index < -0.39 is 0 Å². The highest BCUT2D eigenvalue weighted by molar-refractivity contribution is 4.95. The van der Waals surface area contributed by atoms with Crippen LogP contribution in [-0.2, 0) is 0 Å². The van der Waals surface area contributed by atoms with E-state index >= 15 is 0 Å². The van der Waals surface area contributed by atoms with Gasteiger partial charge >= 0.3 is 0 Å². The molecule has 0 aliphatic heterocycles. The zero-order valence-electron chi connectivity index (χ0n) is 7.57. The van der Waals surface area contributed by atoms with Gasteiger partial charge in [-0.05, 0) is 31.4 Å². The minimum absolute atomic E-state index is 0.435. The van der Waals surface area contributed by atoms with Crippen LogP contribution in [0.1, 0.15) is 40.5 Å². The Bertz CT molecular complexity index is 117. The number of rotatable bonds is 2. The van der Waals surface area contributed by atoms with Crippen LogP contribution >= 0.6 is 0 Å². The third-order valence-corrected chi connectivity index (χ3v) is 1.55. The van der Waals surface area contributed by atoms with Crippen molar-refractivity contribution in [2.75, 3.05) is 0 Å². The maximum atomic E-state index is 5.34. The first kappa shape index (κ1) is 9.54. The highest BCUT2D eigenvalue weighted by Gasteiger charge is 2.08. The van der Waals surface area contributed by atoms with Crippen molar-refractivity contribution in [1.29, 1.82) is 0 Å². The Labute approximate surface area is 64.3 Å². The maximum Gasteiger partial charge on any atom is -0.00733 e. The summed E-state index contributed by atoms with van der Waals surface area (Å²) in [6.45, 7) is 8.82. The summed E-state index contributed by atoms with van der Waals surface area (Å²) in [5.74, 6) is 0. The zero-order valence-corrected chi connectivity index (χ0v) is 7.57. The summed E-state index contributed by atoms with van der Waals surface area (Å²) in [6.07, 6.45) is 4.04. The van der Waals surface area contributed by atoms with E-state index in [1.54, 1.807) is 6.20 Å². The van der Waals surface area contributed by atoms with Crippen molar-refractivity contribution in [3.05, 3.63) is 11.8 Å². The van der Waals surface area contributed by atoms with E-state index in [-0.39, 0.29) is 0 Å². The van der Waals surface area contributed by atoms with Gasteiger partial charge in [-0.2, -0.15) is 0 Å². The number of hydrogen-bond donors (Lipinski definition) is 1. The molecule has 0 aliphatic carbocycles. The minimum Gasteiger partial charge on any atom is -0.405 e. The van der Waals surface area contributed by atoms with Crippen molar-refractivity contribution in [1.82, 2.24) is 0 Å². The van der Waals surface area contributed by atoms with Crippen LogP contribution in [0.25, 0.3) is 0 Å². The lowest BCUT2D eigenvalue weighted by atomic mass is 9.89. The fraction of sp³-hybridized carbons (Fsp3) is 0.778. The molecule has 2 N–H and O–H groups in total. The van der Waals surface area contributed by atoms with Gasteiger partial charge in [-0.15, -0.1) is 0 Å². The van der Waals surface area contributed by atoms with Crippen molar-refractivity contribution in [2.24, 2.45) is 11.1 Å². The lowest BCUT2D eigenvalue weighted by Crippen LogP contribution is -2.04. The number of allylic oxidation sites excluding steroid dienone is 1. The van der Waals surface area contributed by atoms with Crippen LogP contribution in [0.2, 0.25) is 0 Å². The molecule has 0 bridgehead atoms. The number of nitrogens with two attached hydrogens (primary N) is 1. The normalized spacial score (nSPS) is 13.8. The van der Waals surface area contributed by atoms with Gasteiger partial charge in [-0.25, -0.2) is 0 Å². The van der Waals surface area contributed by atoms with E-state index in [4.69, 9.17) is 5.73 Å². The minimum atomic E-state index is 0.435. The molecule has 0 amide bonds. The van der Waals surface area contributed by atoms with Crippen LogP contribution in [-0.4, -0.2) is 0 Å². The molecule has 0 spiro atoms. The van der Waals surface area contributed by atoms with Crippen LogP contribution in [0.5, 0.6) is 0 Å². The van der Waals surface area contributed by atoms with Crippen LogP contribution in [0.3, 0.4) is 0 Å². The van der Waals surface area contributed by atoms with E-state index in [2.05, 4.69) is 27.7 Å². The van der Waals surface area contributed by atoms with Crippen LogP contribution in [0.4, 0.5) is 0 Å². The van der Waals surface area contributed by atoms with E-state index in [1.165, 1.54) is 12.0 Å². The molecule has 0 atom stereocenters. The van der Waals surface area contributed by atoms with Crippen molar-refractivity contribution >= 4 is 0 Å². The van der Waals surface area contributed by atoms with Crippen molar-refractivity contribution in [3.8, 4) is 0 Å². The molecular weight excluding hydrogens is 122 g/mol. The molecule has 0 aromatic heterocycles. The van der Waals surface area contributed by atoms with Crippen molar-refractivity contribution in [3.63, 3.8) is 0 Å². The van der Waals surface area contributed by atoms with Gasteiger partial charge in [0.15, 0.2) is 0 Å². The highest BCUT2D eigenvalue weighted by atomic mass is 14.5. The van der Waals surface area contributed by atoms with E-state index in [9.17, 15) is 0 Å². The first-order valence-electron chi connectivity index (χ1n) is 3.83. The van der Waals surface area contributed by atoms with Gasteiger partial charge in [0.05, 0.1) is 0 Å². The SMILES string of the molecule is C/C(=C\N)CCC(C)(C)C. The second-order valence-electron chi connectivity index (χ2n) is 4.07. The Kier molecular flexibility index (Phi) is 3.48. The summed E-state index contributed by atoms with van der Waals surface area (Å²) in [7, 11) is 0. The van der Waals surface area contributed by atoms with Crippen LogP contribution in [0, 0.1) is 5.41 Å². The highest BCUT2D eigenvalue weighted by Crippen LogP contribution is 2.22. The summed E-state index contributed by atoms with van der Waals surface area (Å²) in [6, 6.07) is 0. The Balaban J connectivity index is 3.56. The molecular formula is C9H19N. The molecule has 0 rings (SSSR count). The second-order valence-corrected chi connectivity index (χ2v) is 4.07. The molecule has 0 aromatic carbocycles. The van der Waals surface area contributed by atoms with Gasteiger partial charge in [0.1, 0.15) is 0 Å². The monoisotopic (exact) mass is 141 g/mol. The van der Waals surface area contributed by atoms with Crippen molar-refractivity contribution < 1.29 is 0 Å². The van der Waals surface area contributed by atoms with Crippen molar-refractivity contribution in [2.45, 2.75) is 40.5 Å². The Morgan fingerprint density at radius 2 is 1.90 bits per heavy atom. The largest absolute Gasteiger partial charge is 0.405 e. The third kappa shape index (κ3) is 5.67. The van der Waals surface area contributed by atoms with Gasteiger partial charge in [-0.1, -0.05) is 26.3 Å². The predicted octanol–water partition coefficient (Wildman–Crippen LogP) is 2.68. The van der Waals surface area contributed by atoms with E-state index in [0.29, 0.717) is 5.41 Å². The summed E-state index contributed by atoms with van der Waals surface area (Å²) in [4.78, 5) is 0. The van der Waals surface area contributed by atoms with Gasteiger partial charge in [0.25, 0.3) is 0 Å². The molecule has 60 valence electrons. The predicted molar refractivity (Wildman–Crippen MR) is 46.6 cm³/mol. The third-order valence-electron chi connectivity index (χ3n) is 1.55. The molecule has 1 heteroatoms. The lowest BCUT2D eigenvalue weighted by Gasteiger charge is -2.17. The maximum absolute atomic E-state index is 5.34. The molecule has 10 heavy (non-hydrogen) atoms. The van der Waals surface area contributed by atoms with Gasteiger partial charge < -0.3 is 5.73 Å². The topological polar surface area (TPSA) is 26.0 Å². The standard InChI is InChI=1S/C9H19N/c1-8(7-10)5-6-9(2,3)4/h7H,5-6,10H2,1-4H3/b8-7+. The molecule has 1 nitrogen and oxygen atoms in total. The summed E-state index contributed by atoms with van der Waals surface area (Å²) < 4.78 is 0. The first-order chi connectivity index (χ1) is 4.45. The molecule has 0 saturated carbocycles. The average molecular weight is 141 g/mol. The molecule has 0 aromatic rings. The van der Waals surface area contributed by atoms with Gasteiger partial charge in [0.2, 0.25) is 0 Å². The quantitative estimate of drug-likeness (QED) is 0.628. The summed E-state index contributed by atoms with van der Waals surface area (Å²) in [5, 5.41) is 0. The van der Waals surface area contributed by atoms with Gasteiger partial charge in [0, 0.05) is 0 Å². The smallest absolute Gasteiger partial charge is 0.00733 e. The van der Waals surface area contributed by atoms with Crippen LogP contribution in [0.15, 0.2) is 11.8 Å². The number of hydrogen-bond acceptors (Lipinski definition) is 1.